The summed E-state index contributed by atoms with van der Waals surface area (Å²) >= 11 is 0. The maximum atomic E-state index is 13.0. The largest absolute Gasteiger partial charge is 0.330 e. The molecule has 0 aliphatic rings. The van der Waals surface area contributed by atoms with E-state index in [0.717, 1.165) is 0 Å². The monoisotopic (exact) mass is 203 g/mol. The molecule has 1 aromatic carbocycles. The molecule has 0 saturated carbocycles. The summed E-state index contributed by atoms with van der Waals surface area (Å²) in [6.45, 7) is -0.0335. The number of hydrogen-bond acceptors (Lipinski definition) is 2. The van der Waals surface area contributed by atoms with Gasteiger partial charge in [-0.15, -0.1) is 0 Å². The fraction of sp³-hybridized carbons (Fsp3) is 0.222. The van der Waals surface area contributed by atoms with Crippen molar-refractivity contribution < 1.29 is 18.0 Å². The van der Waals surface area contributed by atoms with Gasteiger partial charge in [-0.25, -0.2) is 13.2 Å². The minimum Gasteiger partial charge on any atom is -0.330 e. The zero-order valence-electron chi connectivity index (χ0n) is 7.19. The molecule has 0 aliphatic carbocycles. The van der Waals surface area contributed by atoms with Crippen LogP contribution >= 0.6 is 0 Å². The van der Waals surface area contributed by atoms with E-state index in [4.69, 9.17) is 5.73 Å². The summed E-state index contributed by atoms with van der Waals surface area (Å²) in [5, 5.41) is 0. The summed E-state index contributed by atoms with van der Waals surface area (Å²) in [6.07, 6.45) is -0.211. The SMILES string of the molecule is NCCC(=O)c1c(F)ccc(F)c1F. The minimum absolute atomic E-state index is 0.0335. The average Bonchev–Trinajstić information content (AvgIpc) is 2.13. The first-order valence-corrected chi connectivity index (χ1v) is 3.94. The van der Waals surface area contributed by atoms with Gasteiger partial charge in [0.25, 0.3) is 0 Å². The van der Waals surface area contributed by atoms with Crippen molar-refractivity contribution in [2.75, 3.05) is 6.54 Å². The molecule has 1 rings (SSSR count). The molecule has 0 spiro atoms. The molecule has 1 aromatic rings. The Morgan fingerprint density at radius 1 is 1.21 bits per heavy atom. The second kappa shape index (κ2) is 4.23. The Labute approximate surface area is 78.5 Å². The molecule has 0 saturated heterocycles. The van der Waals surface area contributed by atoms with Crippen LogP contribution < -0.4 is 5.73 Å². The standard InChI is InChI=1S/C9H8F3NO/c10-5-1-2-6(11)9(12)8(5)7(14)3-4-13/h1-2H,3-4,13H2. The Kier molecular flexibility index (Phi) is 3.24. The molecule has 0 heterocycles. The Morgan fingerprint density at radius 2 is 1.79 bits per heavy atom. The lowest BCUT2D eigenvalue weighted by molar-refractivity contribution is 0.0976. The van der Waals surface area contributed by atoms with Crippen LogP contribution in [0.1, 0.15) is 16.8 Å². The lowest BCUT2D eigenvalue weighted by Crippen LogP contribution is -2.12. The number of halogens is 3. The summed E-state index contributed by atoms with van der Waals surface area (Å²) < 4.78 is 38.5. The molecule has 2 nitrogen and oxygen atoms in total. The van der Waals surface area contributed by atoms with Gasteiger partial charge in [0.05, 0.1) is 5.56 Å². The van der Waals surface area contributed by atoms with Crippen LogP contribution in [0.2, 0.25) is 0 Å². The summed E-state index contributed by atoms with van der Waals surface area (Å²) in [5.74, 6) is -4.60. The van der Waals surface area contributed by atoms with E-state index in [2.05, 4.69) is 0 Å². The summed E-state index contributed by atoms with van der Waals surface area (Å²) in [5.41, 5.74) is 4.19. The molecule has 14 heavy (non-hydrogen) atoms. The topological polar surface area (TPSA) is 43.1 Å². The van der Waals surface area contributed by atoms with Crippen molar-refractivity contribution in [1.29, 1.82) is 0 Å². The van der Waals surface area contributed by atoms with Gasteiger partial charge in [0.2, 0.25) is 0 Å². The van der Waals surface area contributed by atoms with E-state index < -0.39 is 28.8 Å². The van der Waals surface area contributed by atoms with Gasteiger partial charge in [0.1, 0.15) is 5.82 Å². The third-order valence-electron chi connectivity index (χ3n) is 1.69. The van der Waals surface area contributed by atoms with Gasteiger partial charge >= 0.3 is 0 Å². The van der Waals surface area contributed by atoms with Crippen LogP contribution in [0.15, 0.2) is 12.1 Å². The first kappa shape index (κ1) is 10.7. The van der Waals surface area contributed by atoms with Gasteiger partial charge in [-0.2, -0.15) is 0 Å². The van der Waals surface area contributed by atoms with Gasteiger partial charge < -0.3 is 5.73 Å². The van der Waals surface area contributed by atoms with Crippen LogP contribution in [0.3, 0.4) is 0 Å². The van der Waals surface area contributed by atoms with Crippen LogP contribution in [0.4, 0.5) is 13.2 Å². The molecule has 0 aliphatic heterocycles. The summed E-state index contributed by atoms with van der Waals surface area (Å²) in [7, 11) is 0. The van der Waals surface area contributed by atoms with E-state index in [0.29, 0.717) is 12.1 Å². The maximum absolute atomic E-state index is 13.0. The summed E-state index contributed by atoms with van der Waals surface area (Å²) in [6, 6.07) is 1.34. The zero-order valence-corrected chi connectivity index (χ0v) is 7.19. The Bertz CT molecular complexity index is 365. The van der Waals surface area contributed by atoms with Crippen molar-refractivity contribution in [2.24, 2.45) is 5.73 Å². The minimum atomic E-state index is -1.46. The number of Topliss-reactive ketones (excluding diaryl/α,β-unsaturated/α-hetero) is 1. The molecule has 0 fully saturated rings. The van der Waals surface area contributed by atoms with Crippen LogP contribution in [0.5, 0.6) is 0 Å². The van der Waals surface area contributed by atoms with E-state index in [-0.39, 0.29) is 13.0 Å². The van der Waals surface area contributed by atoms with Crippen LogP contribution in [0, 0.1) is 17.5 Å². The normalized spacial score (nSPS) is 10.3. The molecule has 0 radical (unpaired) electrons. The van der Waals surface area contributed by atoms with Gasteiger partial charge in [0, 0.05) is 6.42 Å². The first-order valence-electron chi connectivity index (χ1n) is 3.94. The number of benzene rings is 1. The third-order valence-corrected chi connectivity index (χ3v) is 1.69. The molecule has 0 aromatic heterocycles. The molecule has 0 atom stereocenters. The second-order valence-corrected chi connectivity index (χ2v) is 2.68. The molecule has 5 heteroatoms. The van der Waals surface area contributed by atoms with Crippen molar-refractivity contribution in [3.05, 3.63) is 35.1 Å². The molecule has 0 bridgehead atoms. The smallest absolute Gasteiger partial charge is 0.172 e. The van der Waals surface area contributed by atoms with E-state index in [1.165, 1.54) is 0 Å². The number of hydrogen-bond donors (Lipinski definition) is 1. The number of nitrogens with two attached hydrogens (primary N) is 1. The number of carbonyl (C=O) groups excluding carboxylic acids is 1. The highest BCUT2D eigenvalue weighted by Gasteiger charge is 2.19. The number of ketones is 1. The van der Waals surface area contributed by atoms with Crippen molar-refractivity contribution in [3.8, 4) is 0 Å². The highest BCUT2D eigenvalue weighted by molar-refractivity contribution is 5.96. The molecular weight excluding hydrogens is 195 g/mol. The summed E-state index contributed by atoms with van der Waals surface area (Å²) in [4.78, 5) is 11.1. The Balaban J connectivity index is 3.18. The van der Waals surface area contributed by atoms with Crippen LogP contribution in [-0.4, -0.2) is 12.3 Å². The van der Waals surface area contributed by atoms with Crippen LogP contribution in [0.25, 0.3) is 0 Å². The van der Waals surface area contributed by atoms with Crippen molar-refractivity contribution in [3.63, 3.8) is 0 Å². The van der Waals surface area contributed by atoms with Crippen molar-refractivity contribution >= 4 is 5.78 Å². The third kappa shape index (κ3) is 1.93. The molecule has 0 unspecified atom stereocenters. The molecular formula is C9H8F3NO. The first-order chi connectivity index (χ1) is 6.57. The average molecular weight is 203 g/mol. The van der Waals surface area contributed by atoms with E-state index in [9.17, 15) is 18.0 Å². The van der Waals surface area contributed by atoms with Crippen LogP contribution in [-0.2, 0) is 0 Å². The molecule has 76 valence electrons. The molecule has 2 N–H and O–H groups in total. The fourth-order valence-electron chi connectivity index (χ4n) is 1.04. The second-order valence-electron chi connectivity index (χ2n) is 2.68. The lowest BCUT2D eigenvalue weighted by Gasteiger charge is -2.03. The fourth-order valence-corrected chi connectivity index (χ4v) is 1.04. The lowest BCUT2D eigenvalue weighted by atomic mass is 10.1. The Hall–Kier alpha value is -1.36. The van der Waals surface area contributed by atoms with E-state index in [1.54, 1.807) is 0 Å². The number of carbonyl (C=O) groups is 1. The predicted octanol–water partition coefficient (Wildman–Crippen LogP) is 1.64. The highest BCUT2D eigenvalue weighted by atomic mass is 19.2. The van der Waals surface area contributed by atoms with E-state index >= 15 is 0 Å². The van der Waals surface area contributed by atoms with Gasteiger partial charge in [-0.3, -0.25) is 4.79 Å². The highest BCUT2D eigenvalue weighted by Crippen LogP contribution is 2.17. The maximum Gasteiger partial charge on any atom is 0.172 e. The Morgan fingerprint density at radius 3 is 2.36 bits per heavy atom. The van der Waals surface area contributed by atoms with Gasteiger partial charge in [-0.05, 0) is 18.7 Å². The quantitative estimate of drug-likeness (QED) is 0.599. The molecule has 0 amide bonds. The van der Waals surface area contributed by atoms with Gasteiger partial charge in [0.15, 0.2) is 17.4 Å². The van der Waals surface area contributed by atoms with Crippen molar-refractivity contribution in [1.82, 2.24) is 0 Å². The van der Waals surface area contributed by atoms with Crippen molar-refractivity contribution in [2.45, 2.75) is 6.42 Å². The predicted molar refractivity (Wildman–Crippen MR) is 44.3 cm³/mol. The number of rotatable bonds is 3. The van der Waals surface area contributed by atoms with Gasteiger partial charge in [-0.1, -0.05) is 0 Å². The van der Waals surface area contributed by atoms with E-state index in [1.807, 2.05) is 0 Å². The zero-order chi connectivity index (χ0) is 10.7.